The molecule has 1 aromatic rings. The van der Waals surface area contributed by atoms with Crippen LogP contribution in [0.25, 0.3) is 0 Å². The van der Waals surface area contributed by atoms with E-state index in [9.17, 15) is 9.59 Å². The Balaban J connectivity index is 1.72. The van der Waals surface area contributed by atoms with Crippen LogP contribution in [0.2, 0.25) is 0 Å². The molecule has 3 atom stereocenters. The molecule has 1 aromatic carbocycles. The maximum atomic E-state index is 12.9. The van der Waals surface area contributed by atoms with Gasteiger partial charge in [0.1, 0.15) is 5.75 Å². The van der Waals surface area contributed by atoms with E-state index in [1.54, 1.807) is 0 Å². The number of benzene rings is 1. The van der Waals surface area contributed by atoms with Crippen LogP contribution in [0.1, 0.15) is 34.3 Å². The molecule has 2 aliphatic rings. The van der Waals surface area contributed by atoms with Gasteiger partial charge in [-0.1, -0.05) is 0 Å². The lowest BCUT2D eigenvalue weighted by Crippen LogP contribution is -2.33. The van der Waals surface area contributed by atoms with E-state index in [1.165, 1.54) is 7.11 Å². The van der Waals surface area contributed by atoms with Gasteiger partial charge in [-0.3, -0.25) is 4.79 Å². The number of likely N-dealkylation sites (tertiary alicyclic amines) is 1. The zero-order valence-electron chi connectivity index (χ0n) is 15.1. The smallest absolute Gasteiger partial charge is 0.343 e. The van der Waals surface area contributed by atoms with Gasteiger partial charge in [0.2, 0.25) is 0 Å². The number of carbonyl (C=O) groups is 2. The molecule has 0 bridgehead atoms. The fraction of sp³-hybridized carbons (Fsp3) is 0.579. The van der Waals surface area contributed by atoms with Crippen LogP contribution in [0.4, 0.5) is 0 Å². The molecular weight excluding hydrogens is 320 g/mol. The number of carbonyl (C=O) groups excluding carboxylic acids is 2. The Kier molecular flexibility index (Phi) is 4.99. The van der Waals surface area contributed by atoms with Crippen molar-refractivity contribution in [3.8, 4) is 5.75 Å². The third-order valence-electron chi connectivity index (χ3n) is 5.47. The summed E-state index contributed by atoms with van der Waals surface area (Å²) >= 11 is 0. The molecular formula is C19H26N2O4. The van der Waals surface area contributed by atoms with Crippen LogP contribution >= 0.6 is 0 Å². The standard InChI is InChI=1S/C19H26N2O4/c1-11-6-14(7-12(2)18(11)25-10-17(22)24-3)19(23)21-8-13-4-5-16(20)15(13)9-21/h6-7,13,15-16H,4-5,8-10,20H2,1-3H3. The van der Waals surface area contributed by atoms with E-state index in [1.807, 2.05) is 30.9 Å². The van der Waals surface area contributed by atoms with Crippen molar-refractivity contribution < 1.29 is 19.1 Å². The van der Waals surface area contributed by atoms with Crippen LogP contribution in [0.3, 0.4) is 0 Å². The van der Waals surface area contributed by atoms with E-state index in [4.69, 9.17) is 10.5 Å². The first-order chi connectivity index (χ1) is 11.9. The van der Waals surface area contributed by atoms with Crippen molar-refractivity contribution in [3.63, 3.8) is 0 Å². The molecule has 2 fully saturated rings. The van der Waals surface area contributed by atoms with Gasteiger partial charge < -0.3 is 20.1 Å². The molecule has 1 aliphatic carbocycles. The summed E-state index contributed by atoms with van der Waals surface area (Å²) in [6.45, 7) is 5.17. The molecule has 2 N–H and O–H groups in total. The maximum absolute atomic E-state index is 12.9. The van der Waals surface area contributed by atoms with E-state index < -0.39 is 5.97 Å². The predicted octanol–water partition coefficient (Wildman–Crippen LogP) is 1.66. The Morgan fingerprint density at radius 2 is 1.88 bits per heavy atom. The molecule has 25 heavy (non-hydrogen) atoms. The van der Waals surface area contributed by atoms with Gasteiger partial charge in [-0.05, 0) is 61.8 Å². The Bertz CT molecular complexity index is 665. The van der Waals surface area contributed by atoms with Crippen molar-refractivity contribution >= 4 is 11.9 Å². The summed E-state index contributed by atoms with van der Waals surface area (Å²) < 4.78 is 10.1. The average Bonchev–Trinajstić information content (AvgIpc) is 3.15. The molecule has 6 nitrogen and oxygen atoms in total. The van der Waals surface area contributed by atoms with Gasteiger partial charge in [0, 0.05) is 24.7 Å². The number of nitrogens with zero attached hydrogens (tertiary/aromatic N) is 1. The first kappa shape index (κ1) is 17.7. The molecule has 1 aliphatic heterocycles. The van der Waals surface area contributed by atoms with Gasteiger partial charge in [-0.25, -0.2) is 4.79 Å². The lowest BCUT2D eigenvalue weighted by molar-refractivity contribution is -0.142. The minimum absolute atomic E-state index is 0.0484. The highest BCUT2D eigenvalue weighted by Gasteiger charge is 2.42. The number of hydrogen-bond donors (Lipinski definition) is 1. The van der Waals surface area contributed by atoms with Gasteiger partial charge in [0.15, 0.2) is 6.61 Å². The highest BCUT2D eigenvalue weighted by molar-refractivity contribution is 5.95. The van der Waals surface area contributed by atoms with Crippen molar-refractivity contribution in [2.45, 2.75) is 32.7 Å². The summed E-state index contributed by atoms with van der Waals surface area (Å²) in [5.74, 6) is 1.23. The van der Waals surface area contributed by atoms with Crippen molar-refractivity contribution in [1.29, 1.82) is 0 Å². The number of nitrogens with two attached hydrogens (primary N) is 1. The van der Waals surface area contributed by atoms with Crippen molar-refractivity contribution in [2.75, 3.05) is 26.8 Å². The van der Waals surface area contributed by atoms with Crippen molar-refractivity contribution in [3.05, 3.63) is 28.8 Å². The number of methoxy groups -OCH3 is 1. The SMILES string of the molecule is COC(=O)COc1c(C)cc(C(=O)N2CC3CCC(N)C3C2)cc1C. The highest BCUT2D eigenvalue weighted by atomic mass is 16.6. The van der Waals surface area contributed by atoms with Crippen molar-refractivity contribution in [2.24, 2.45) is 17.6 Å². The summed E-state index contributed by atoms with van der Waals surface area (Å²) in [4.78, 5) is 26.1. The number of fused-ring (bicyclic) bond motifs is 1. The Hall–Kier alpha value is -2.08. The summed E-state index contributed by atoms with van der Waals surface area (Å²) in [5, 5.41) is 0. The zero-order chi connectivity index (χ0) is 18.1. The topological polar surface area (TPSA) is 81.9 Å². The van der Waals surface area contributed by atoms with Gasteiger partial charge >= 0.3 is 5.97 Å². The quantitative estimate of drug-likeness (QED) is 0.839. The van der Waals surface area contributed by atoms with Gasteiger partial charge in [-0.15, -0.1) is 0 Å². The largest absolute Gasteiger partial charge is 0.481 e. The first-order valence-corrected chi connectivity index (χ1v) is 8.76. The lowest BCUT2D eigenvalue weighted by Gasteiger charge is -2.20. The summed E-state index contributed by atoms with van der Waals surface area (Å²) in [7, 11) is 1.32. The lowest BCUT2D eigenvalue weighted by atomic mass is 9.98. The molecule has 1 amide bonds. The monoisotopic (exact) mass is 346 g/mol. The van der Waals surface area contributed by atoms with Crippen LogP contribution in [0.5, 0.6) is 5.75 Å². The fourth-order valence-corrected chi connectivity index (χ4v) is 4.15. The third kappa shape index (κ3) is 3.49. The summed E-state index contributed by atoms with van der Waals surface area (Å²) in [6.07, 6.45) is 2.19. The molecule has 0 spiro atoms. The summed E-state index contributed by atoms with van der Waals surface area (Å²) in [5.41, 5.74) is 8.50. The molecule has 1 heterocycles. The minimum Gasteiger partial charge on any atom is -0.481 e. The van der Waals surface area contributed by atoms with E-state index in [2.05, 4.69) is 4.74 Å². The molecule has 0 radical (unpaired) electrons. The minimum atomic E-state index is -0.432. The van der Waals surface area contributed by atoms with Gasteiger partial charge in [0.25, 0.3) is 5.91 Å². The second kappa shape index (κ2) is 7.04. The predicted molar refractivity (Wildman–Crippen MR) is 93.5 cm³/mol. The second-order valence-corrected chi connectivity index (χ2v) is 7.18. The van der Waals surface area contributed by atoms with E-state index in [-0.39, 0.29) is 18.6 Å². The van der Waals surface area contributed by atoms with Crippen LogP contribution in [0, 0.1) is 25.7 Å². The number of rotatable bonds is 4. The van der Waals surface area contributed by atoms with E-state index >= 15 is 0 Å². The third-order valence-corrected chi connectivity index (χ3v) is 5.47. The average molecular weight is 346 g/mol. The fourth-order valence-electron chi connectivity index (χ4n) is 4.15. The Morgan fingerprint density at radius 3 is 2.48 bits per heavy atom. The molecule has 6 heteroatoms. The van der Waals surface area contributed by atoms with Crippen LogP contribution in [-0.2, 0) is 9.53 Å². The normalized spacial score (nSPS) is 25.0. The first-order valence-electron chi connectivity index (χ1n) is 8.76. The molecule has 1 saturated heterocycles. The Labute approximate surface area is 148 Å². The molecule has 0 aromatic heterocycles. The number of aryl methyl sites for hydroxylation is 2. The highest BCUT2D eigenvalue weighted by Crippen LogP contribution is 2.38. The van der Waals surface area contributed by atoms with E-state index in [0.717, 1.165) is 37.1 Å². The second-order valence-electron chi connectivity index (χ2n) is 7.18. The number of ether oxygens (including phenoxy) is 2. The zero-order valence-corrected chi connectivity index (χ0v) is 15.1. The molecule has 3 unspecified atom stereocenters. The molecule has 1 saturated carbocycles. The van der Waals surface area contributed by atoms with Gasteiger partial charge in [0.05, 0.1) is 7.11 Å². The van der Waals surface area contributed by atoms with Crippen LogP contribution < -0.4 is 10.5 Å². The van der Waals surface area contributed by atoms with Crippen LogP contribution in [0.15, 0.2) is 12.1 Å². The summed E-state index contributed by atoms with van der Waals surface area (Å²) in [6, 6.07) is 3.88. The number of esters is 1. The molecule has 3 rings (SSSR count). The van der Waals surface area contributed by atoms with E-state index in [0.29, 0.717) is 23.1 Å². The van der Waals surface area contributed by atoms with Gasteiger partial charge in [-0.2, -0.15) is 0 Å². The number of hydrogen-bond acceptors (Lipinski definition) is 5. The number of amides is 1. The van der Waals surface area contributed by atoms with Crippen molar-refractivity contribution in [1.82, 2.24) is 4.90 Å². The van der Waals surface area contributed by atoms with Crippen LogP contribution in [-0.4, -0.2) is 49.6 Å². The maximum Gasteiger partial charge on any atom is 0.343 e. The molecule has 136 valence electrons. The Morgan fingerprint density at radius 1 is 1.20 bits per heavy atom.